The van der Waals surface area contributed by atoms with Crippen LogP contribution in [0.2, 0.25) is 0 Å². The summed E-state index contributed by atoms with van der Waals surface area (Å²) in [6.07, 6.45) is -4.51. The van der Waals surface area contributed by atoms with Gasteiger partial charge in [-0.05, 0) is 43.2 Å². The van der Waals surface area contributed by atoms with Crippen LogP contribution < -0.4 is 16.0 Å². The number of amides is 3. The van der Waals surface area contributed by atoms with E-state index in [9.17, 15) is 22.8 Å². The molecular weight excluding hydrogens is 371 g/mol. The number of hydrogen-bond donors (Lipinski definition) is 3. The molecule has 2 aromatic carbocycles. The molecular formula is C20H18F3N3O2. The molecule has 3 rings (SSSR count). The maximum Gasteiger partial charge on any atom is 0.416 e. The number of rotatable bonds is 3. The largest absolute Gasteiger partial charge is 0.416 e. The first-order valence-electron chi connectivity index (χ1n) is 8.49. The number of allylic oxidation sites excluding steroid dienone is 1. The Balaban J connectivity index is 1.95. The maximum absolute atomic E-state index is 12.9. The minimum absolute atomic E-state index is 0.0144. The summed E-state index contributed by atoms with van der Waals surface area (Å²) >= 11 is 0. The predicted molar refractivity (Wildman–Crippen MR) is 98.4 cm³/mol. The molecule has 0 bridgehead atoms. The first kappa shape index (κ1) is 19.5. The SMILES string of the molecule is CC1=C(C(=O)Nc2cccc(C(F)(F)F)c2)[C@H](c2ccccc2C)NC(=O)N1. The maximum atomic E-state index is 12.9. The molecule has 0 aliphatic carbocycles. The second-order valence-corrected chi connectivity index (χ2v) is 6.46. The lowest BCUT2D eigenvalue weighted by molar-refractivity contribution is -0.137. The summed E-state index contributed by atoms with van der Waals surface area (Å²) in [4.78, 5) is 24.8. The summed E-state index contributed by atoms with van der Waals surface area (Å²) in [5, 5.41) is 7.75. The molecule has 0 aromatic heterocycles. The topological polar surface area (TPSA) is 70.2 Å². The van der Waals surface area contributed by atoms with Gasteiger partial charge in [-0.15, -0.1) is 0 Å². The molecule has 5 nitrogen and oxygen atoms in total. The highest BCUT2D eigenvalue weighted by atomic mass is 19.4. The predicted octanol–water partition coefficient (Wildman–Crippen LogP) is 4.28. The fourth-order valence-electron chi connectivity index (χ4n) is 3.11. The number of hydrogen-bond acceptors (Lipinski definition) is 2. The number of urea groups is 1. The van der Waals surface area contributed by atoms with E-state index in [1.165, 1.54) is 12.1 Å². The Morgan fingerprint density at radius 1 is 1.07 bits per heavy atom. The molecule has 1 heterocycles. The number of halogens is 3. The van der Waals surface area contributed by atoms with Crippen LogP contribution in [0.4, 0.5) is 23.7 Å². The minimum Gasteiger partial charge on any atom is -0.327 e. The second kappa shape index (κ2) is 7.38. The zero-order valence-electron chi connectivity index (χ0n) is 15.1. The Bertz CT molecular complexity index is 967. The van der Waals surface area contributed by atoms with Crippen molar-refractivity contribution in [3.63, 3.8) is 0 Å². The van der Waals surface area contributed by atoms with Crippen molar-refractivity contribution >= 4 is 17.6 Å². The summed E-state index contributed by atoms with van der Waals surface area (Å²) in [6.45, 7) is 3.42. The molecule has 3 N–H and O–H groups in total. The van der Waals surface area contributed by atoms with Gasteiger partial charge in [-0.2, -0.15) is 13.2 Å². The molecule has 0 radical (unpaired) electrons. The number of nitrogens with one attached hydrogen (secondary N) is 3. The van der Waals surface area contributed by atoms with Gasteiger partial charge in [0.1, 0.15) is 0 Å². The van der Waals surface area contributed by atoms with Crippen molar-refractivity contribution in [1.82, 2.24) is 10.6 Å². The molecule has 28 heavy (non-hydrogen) atoms. The van der Waals surface area contributed by atoms with Gasteiger partial charge in [-0.3, -0.25) is 4.79 Å². The highest BCUT2D eigenvalue weighted by Crippen LogP contribution is 2.32. The first-order valence-corrected chi connectivity index (χ1v) is 8.49. The van der Waals surface area contributed by atoms with Crippen LogP contribution in [0.1, 0.15) is 29.7 Å². The number of aryl methyl sites for hydroxylation is 1. The average Bonchev–Trinajstić information content (AvgIpc) is 2.60. The van der Waals surface area contributed by atoms with Gasteiger partial charge < -0.3 is 16.0 Å². The van der Waals surface area contributed by atoms with E-state index in [1.807, 2.05) is 19.1 Å². The Morgan fingerprint density at radius 2 is 1.79 bits per heavy atom. The van der Waals surface area contributed by atoms with Crippen molar-refractivity contribution in [1.29, 1.82) is 0 Å². The van der Waals surface area contributed by atoms with Gasteiger partial charge in [0.15, 0.2) is 0 Å². The highest BCUT2D eigenvalue weighted by Gasteiger charge is 2.33. The second-order valence-electron chi connectivity index (χ2n) is 6.46. The number of carbonyl (C=O) groups is 2. The van der Waals surface area contributed by atoms with E-state index in [0.29, 0.717) is 5.70 Å². The third kappa shape index (κ3) is 4.00. The smallest absolute Gasteiger partial charge is 0.327 e. The zero-order valence-corrected chi connectivity index (χ0v) is 15.1. The van der Waals surface area contributed by atoms with E-state index in [1.54, 1.807) is 19.1 Å². The first-order chi connectivity index (χ1) is 13.2. The molecule has 0 spiro atoms. The van der Waals surface area contributed by atoms with Crippen LogP contribution in [-0.4, -0.2) is 11.9 Å². The van der Waals surface area contributed by atoms with E-state index in [2.05, 4.69) is 16.0 Å². The van der Waals surface area contributed by atoms with Gasteiger partial charge in [0.05, 0.1) is 17.2 Å². The number of carbonyl (C=O) groups excluding carboxylic acids is 2. The fourth-order valence-corrected chi connectivity index (χ4v) is 3.11. The lowest BCUT2D eigenvalue weighted by Crippen LogP contribution is -2.46. The molecule has 146 valence electrons. The molecule has 2 aromatic rings. The Hall–Kier alpha value is -3.29. The zero-order chi connectivity index (χ0) is 20.5. The molecule has 0 saturated heterocycles. The molecule has 0 saturated carbocycles. The quantitative estimate of drug-likeness (QED) is 0.733. The van der Waals surface area contributed by atoms with Gasteiger partial charge >= 0.3 is 12.2 Å². The van der Waals surface area contributed by atoms with Crippen molar-refractivity contribution < 1.29 is 22.8 Å². The molecule has 1 aliphatic heterocycles. The number of benzene rings is 2. The van der Waals surface area contributed by atoms with Crippen LogP contribution in [0.25, 0.3) is 0 Å². The fraction of sp³-hybridized carbons (Fsp3) is 0.200. The standard InChI is InChI=1S/C20H18F3N3O2/c1-11-6-3-4-9-15(11)17-16(12(2)24-19(28)26-17)18(27)25-14-8-5-7-13(10-14)20(21,22)23/h3-10,17H,1-2H3,(H,25,27)(H2,24,26,28)/t17-/m0/s1. The van der Waals surface area contributed by atoms with Crippen LogP contribution in [0.5, 0.6) is 0 Å². The van der Waals surface area contributed by atoms with E-state index in [-0.39, 0.29) is 11.3 Å². The van der Waals surface area contributed by atoms with Gasteiger partial charge in [0, 0.05) is 11.4 Å². The van der Waals surface area contributed by atoms with E-state index >= 15 is 0 Å². The molecule has 8 heteroatoms. The summed E-state index contributed by atoms with van der Waals surface area (Å²) in [6, 6.07) is 10.5. The van der Waals surface area contributed by atoms with Crippen LogP contribution in [0.15, 0.2) is 59.8 Å². The normalized spacial score (nSPS) is 17.0. The number of alkyl halides is 3. The number of anilines is 1. The third-order valence-electron chi connectivity index (χ3n) is 4.46. The van der Waals surface area contributed by atoms with Crippen LogP contribution in [0.3, 0.4) is 0 Å². The van der Waals surface area contributed by atoms with Crippen LogP contribution >= 0.6 is 0 Å². The van der Waals surface area contributed by atoms with Gasteiger partial charge in [0.25, 0.3) is 5.91 Å². The lowest BCUT2D eigenvalue weighted by Gasteiger charge is -2.29. The van der Waals surface area contributed by atoms with Crippen LogP contribution in [0, 0.1) is 6.92 Å². The van der Waals surface area contributed by atoms with Crippen molar-refractivity contribution in [2.45, 2.75) is 26.1 Å². The van der Waals surface area contributed by atoms with Crippen LogP contribution in [-0.2, 0) is 11.0 Å². The summed E-state index contributed by atoms with van der Waals surface area (Å²) in [5.74, 6) is -0.599. The minimum atomic E-state index is -4.51. The third-order valence-corrected chi connectivity index (χ3v) is 4.46. The van der Waals surface area contributed by atoms with E-state index in [0.717, 1.165) is 23.3 Å². The average molecular weight is 389 g/mol. The van der Waals surface area contributed by atoms with Gasteiger partial charge in [-0.1, -0.05) is 30.3 Å². The molecule has 0 unspecified atom stereocenters. The van der Waals surface area contributed by atoms with Crippen molar-refractivity contribution in [3.05, 3.63) is 76.5 Å². The van der Waals surface area contributed by atoms with Gasteiger partial charge in [0.2, 0.25) is 0 Å². The Kier molecular flexibility index (Phi) is 5.13. The summed E-state index contributed by atoms with van der Waals surface area (Å²) in [7, 11) is 0. The van der Waals surface area contributed by atoms with E-state index in [4.69, 9.17) is 0 Å². The van der Waals surface area contributed by atoms with Crippen molar-refractivity contribution in [2.75, 3.05) is 5.32 Å². The molecule has 3 amide bonds. The van der Waals surface area contributed by atoms with E-state index < -0.39 is 29.7 Å². The summed E-state index contributed by atoms with van der Waals surface area (Å²) < 4.78 is 38.7. The Labute approximate surface area is 159 Å². The van der Waals surface area contributed by atoms with Crippen molar-refractivity contribution in [3.8, 4) is 0 Å². The van der Waals surface area contributed by atoms with Crippen molar-refractivity contribution in [2.24, 2.45) is 0 Å². The lowest BCUT2D eigenvalue weighted by atomic mass is 9.92. The highest BCUT2D eigenvalue weighted by molar-refractivity contribution is 6.06. The molecule has 1 aliphatic rings. The summed E-state index contributed by atoms with van der Waals surface area (Å²) in [5.41, 5.74) is 1.31. The molecule has 0 fully saturated rings. The van der Waals surface area contributed by atoms with Gasteiger partial charge in [-0.25, -0.2) is 4.79 Å². The monoisotopic (exact) mass is 389 g/mol. The molecule has 1 atom stereocenters. The Morgan fingerprint density at radius 3 is 2.46 bits per heavy atom.